The summed E-state index contributed by atoms with van der Waals surface area (Å²) in [5.41, 5.74) is 0. The number of nitrogens with one attached hydrogen (secondary N) is 1. The Balaban J connectivity index is 2.06. The first-order valence-corrected chi connectivity index (χ1v) is 6.95. The van der Waals surface area contributed by atoms with Crippen LogP contribution in [-0.2, 0) is 9.53 Å². The molecule has 1 saturated heterocycles. The smallest absolute Gasteiger partial charge is 0.407 e. The zero-order valence-electron chi connectivity index (χ0n) is 11.4. The Bertz CT molecular complexity index is 366. The predicted molar refractivity (Wildman–Crippen MR) is 71.6 cm³/mol. The Kier molecular flexibility index (Phi) is 4.45. The Hall–Kier alpha value is -1.52. The fourth-order valence-electron chi connectivity index (χ4n) is 2.83. The van der Waals surface area contributed by atoms with Crippen LogP contribution in [0.2, 0.25) is 0 Å². The molecule has 1 N–H and O–H groups in total. The second-order valence-electron chi connectivity index (χ2n) is 5.28. The van der Waals surface area contributed by atoms with E-state index in [2.05, 4.69) is 16.6 Å². The van der Waals surface area contributed by atoms with Crippen molar-refractivity contribution < 1.29 is 14.3 Å². The van der Waals surface area contributed by atoms with E-state index in [4.69, 9.17) is 0 Å². The van der Waals surface area contributed by atoms with E-state index < -0.39 is 12.1 Å². The number of methoxy groups -OCH3 is 1. The van der Waals surface area contributed by atoms with Gasteiger partial charge >= 0.3 is 6.09 Å². The maximum absolute atomic E-state index is 12.6. The van der Waals surface area contributed by atoms with Gasteiger partial charge in [0, 0.05) is 12.6 Å². The molecule has 0 radical (unpaired) electrons. The second kappa shape index (κ2) is 6.08. The van der Waals surface area contributed by atoms with Gasteiger partial charge in [0.2, 0.25) is 5.91 Å². The zero-order valence-corrected chi connectivity index (χ0v) is 11.4. The maximum atomic E-state index is 12.6. The van der Waals surface area contributed by atoms with E-state index in [9.17, 15) is 9.59 Å². The van der Waals surface area contributed by atoms with Crippen LogP contribution in [0.25, 0.3) is 0 Å². The van der Waals surface area contributed by atoms with E-state index in [1.807, 2.05) is 11.0 Å². The third-order valence-electron chi connectivity index (χ3n) is 4.20. The monoisotopic (exact) mass is 266 g/mol. The van der Waals surface area contributed by atoms with Crippen molar-refractivity contribution in [3.05, 3.63) is 12.7 Å². The molecule has 2 unspecified atom stereocenters. The van der Waals surface area contributed by atoms with E-state index in [1.54, 1.807) is 0 Å². The molecule has 0 aromatic carbocycles. The third kappa shape index (κ3) is 2.91. The maximum Gasteiger partial charge on any atom is 0.407 e. The molecule has 0 aromatic rings. The average molecular weight is 266 g/mol. The van der Waals surface area contributed by atoms with E-state index in [1.165, 1.54) is 7.11 Å². The lowest BCUT2D eigenvalue weighted by molar-refractivity contribution is -0.135. The van der Waals surface area contributed by atoms with E-state index in [-0.39, 0.29) is 17.9 Å². The first-order chi connectivity index (χ1) is 9.17. The van der Waals surface area contributed by atoms with Crippen molar-refractivity contribution in [1.82, 2.24) is 10.2 Å². The van der Waals surface area contributed by atoms with Crippen molar-refractivity contribution in [3.8, 4) is 0 Å². The Morgan fingerprint density at radius 1 is 1.37 bits per heavy atom. The molecule has 2 fully saturated rings. The lowest BCUT2D eigenvalue weighted by Gasteiger charge is -2.36. The highest BCUT2D eigenvalue weighted by Gasteiger charge is 2.39. The molecule has 5 nitrogen and oxygen atoms in total. The van der Waals surface area contributed by atoms with Crippen LogP contribution in [0.1, 0.15) is 32.1 Å². The average Bonchev–Trinajstić information content (AvgIpc) is 2.82. The Morgan fingerprint density at radius 2 is 2.11 bits per heavy atom. The summed E-state index contributed by atoms with van der Waals surface area (Å²) in [6, 6.07) is -0.337. The van der Waals surface area contributed by atoms with Gasteiger partial charge in [-0.25, -0.2) is 4.79 Å². The number of ether oxygens (including phenoxy) is 1. The highest BCUT2D eigenvalue weighted by atomic mass is 16.5. The molecular formula is C14H22N2O3. The molecular weight excluding hydrogens is 244 g/mol. The summed E-state index contributed by atoms with van der Waals surface area (Å²) in [4.78, 5) is 25.9. The molecule has 0 aromatic heterocycles. The number of hydrogen-bond acceptors (Lipinski definition) is 3. The third-order valence-corrected chi connectivity index (χ3v) is 4.20. The molecule has 1 aliphatic heterocycles. The van der Waals surface area contributed by atoms with Crippen LogP contribution in [0.15, 0.2) is 12.7 Å². The summed E-state index contributed by atoms with van der Waals surface area (Å²) in [7, 11) is 1.32. The van der Waals surface area contributed by atoms with Gasteiger partial charge in [-0.3, -0.25) is 4.79 Å². The molecule has 19 heavy (non-hydrogen) atoms. The van der Waals surface area contributed by atoms with Crippen LogP contribution in [0.4, 0.5) is 4.79 Å². The quantitative estimate of drug-likeness (QED) is 0.788. The summed E-state index contributed by atoms with van der Waals surface area (Å²) in [6.45, 7) is 4.54. The largest absolute Gasteiger partial charge is 0.453 e. The number of rotatable bonds is 4. The fourth-order valence-corrected chi connectivity index (χ4v) is 2.83. The number of carbonyl (C=O) groups is 2. The second-order valence-corrected chi connectivity index (χ2v) is 5.28. The van der Waals surface area contributed by atoms with Gasteiger partial charge in [-0.15, -0.1) is 6.58 Å². The van der Waals surface area contributed by atoms with Crippen molar-refractivity contribution in [1.29, 1.82) is 0 Å². The topological polar surface area (TPSA) is 58.6 Å². The summed E-state index contributed by atoms with van der Waals surface area (Å²) < 4.78 is 4.62. The first-order valence-electron chi connectivity index (χ1n) is 6.95. The molecule has 1 heterocycles. The van der Waals surface area contributed by atoms with Crippen molar-refractivity contribution >= 4 is 12.0 Å². The lowest BCUT2D eigenvalue weighted by Crippen LogP contribution is -2.54. The van der Waals surface area contributed by atoms with Crippen LogP contribution in [0, 0.1) is 5.92 Å². The number of alkyl carbamates (subject to hydrolysis) is 1. The molecule has 0 bridgehead atoms. The fraction of sp³-hybridized carbons (Fsp3) is 0.714. The SMILES string of the molecule is C=CC1CCCN1C(=O)C(NC(=O)OC)C1CCC1. The number of amides is 2. The van der Waals surface area contributed by atoms with Crippen molar-refractivity contribution in [2.24, 2.45) is 5.92 Å². The molecule has 1 aliphatic carbocycles. The molecule has 0 spiro atoms. The number of carbonyl (C=O) groups excluding carboxylic acids is 2. The minimum Gasteiger partial charge on any atom is -0.453 e. The number of likely N-dealkylation sites (tertiary alicyclic amines) is 1. The molecule has 5 heteroatoms. The first kappa shape index (κ1) is 13.9. The minimum absolute atomic E-state index is 0.0116. The highest BCUT2D eigenvalue weighted by Crippen LogP contribution is 2.32. The van der Waals surface area contributed by atoms with Crippen LogP contribution < -0.4 is 5.32 Å². The standard InChI is InChI=1S/C14H22N2O3/c1-3-11-8-5-9-16(11)13(17)12(10-6-4-7-10)15-14(18)19-2/h3,10-12H,1,4-9H2,2H3,(H,15,18). The summed E-state index contributed by atoms with van der Waals surface area (Å²) >= 11 is 0. The van der Waals surface area contributed by atoms with E-state index >= 15 is 0 Å². The van der Waals surface area contributed by atoms with Crippen molar-refractivity contribution in [2.45, 2.75) is 44.2 Å². The molecule has 2 atom stereocenters. The normalized spacial score (nSPS) is 24.5. The van der Waals surface area contributed by atoms with Crippen molar-refractivity contribution in [3.63, 3.8) is 0 Å². The Morgan fingerprint density at radius 3 is 2.63 bits per heavy atom. The predicted octanol–water partition coefficient (Wildman–Crippen LogP) is 1.69. The lowest BCUT2D eigenvalue weighted by atomic mass is 9.79. The van der Waals surface area contributed by atoms with Crippen LogP contribution >= 0.6 is 0 Å². The molecule has 106 valence electrons. The van der Waals surface area contributed by atoms with E-state index in [0.717, 1.165) is 38.6 Å². The van der Waals surface area contributed by atoms with Gasteiger partial charge in [-0.1, -0.05) is 12.5 Å². The van der Waals surface area contributed by atoms with Gasteiger partial charge in [0.05, 0.1) is 7.11 Å². The van der Waals surface area contributed by atoms with Gasteiger partial charge in [-0.2, -0.15) is 0 Å². The van der Waals surface area contributed by atoms with Crippen molar-refractivity contribution in [2.75, 3.05) is 13.7 Å². The van der Waals surface area contributed by atoms with Gasteiger partial charge in [0.25, 0.3) is 0 Å². The van der Waals surface area contributed by atoms with Gasteiger partial charge < -0.3 is 15.0 Å². The van der Waals surface area contributed by atoms with Crippen LogP contribution in [-0.4, -0.2) is 42.6 Å². The number of nitrogens with zero attached hydrogens (tertiary/aromatic N) is 1. The summed E-state index contributed by atoms with van der Waals surface area (Å²) in [5, 5.41) is 2.70. The number of hydrogen-bond donors (Lipinski definition) is 1. The van der Waals surface area contributed by atoms with Gasteiger partial charge in [0.1, 0.15) is 6.04 Å². The minimum atomic E-state index is -0.528. The zero-order chi connectivity index (χ0) is 13.8. The Labute approximate surface area is 114 Å². The van der Waals surface area contributed by atoms with Gasteiger partial charge in [-0.05, 0) is 31.6 Å². The molecule has 2 amide bonds. The van der Waals surface area contributed by atoms with E-state index in [0.29, 0.717) is 0 Å². The van der Waals surface area contributed by atoms with Gasteiger partial charge in [0.15, 0.2) is 0 Å². The molecule has 2 rings (SSSR count). The molecule has 1 saturated carbocycles. The molecule has 2 aliphatic rings. The highest BCUT2D eigenvalue weighted by molar-refractivity contribution is 5.86. The van der Waals surface area contributed by atoms with Crippen LogP contribution in [0.3, 0.4) is 0 Å². The summed E-state index contributed by atoms with van der Waals surface area (Å²) in [6.07, 6.45) is 6.37. The van der Waals surface area contributed by atoms with Crippen LogP contribution in [0.5, 0.6) is 0 Å². The summed E-state index contributed by atoms with van der Waals surface area (Å²) in [5.74, 6) is 0.259.